The highest BCUT2D eigenvalue weighted by molar-refractivity contribution is 9.08. The van der Waals surface area contributed by atoms with Gasteiger partial charge in [0, 0.05) is 24.0 Å². The predicted octanol–water partition coefficient (Wildman–Crippen LogP) is 2.88. The van der Waals surface area contributed by atoms with Crippen LogP contribution in [0.2, 0.25) is 0 Å². The van der Waals surface area contributed by atoms with Gasteiger partial charge in [-0.3, -0.25) is 4.79 Å². The van der Waals surface area contributed by atoms with E-state index in [9.17, 15) is 4.79 Å². The first-order chi connectivity index (χ1) is 8.63. The lowest BCUT2D eigenvalue weighted by Crippen LogP contribution is -2.40. The molecule has 1 aromatic rings. The van der Waals surface area contributed by atoms with Gasteiger partial charge < -0.3 is 10.1 Å². The summed E-state index contributed by atoms with van der Waals surface area (Å²) >= 11 is 3.38. The van der Waals surface area contributed by atoms with Crippen LogP contribution in [0.4, 0.5) is 0 Å². The highest BCUT2D eigenvalue weighted by atomic mass is 79.9. The second-order valence-corrected chi connectivity index (χ2v) is 5.48. The molecule has 1 unspecified atom stereocenters. The number of benzene rings is 1. The number of carbonyl (C=O) groups excluding carboxylic acids is 1. The van der Waals surface area contributed by atoms with Crippen molar-refractivity contribution < 1.29 is 9.53 Å². The van der Waals surface area contributed by atoms with Crippen LogP contribution in [0.3, 0.4) is 0 Å². The van der Waals surface area contributed by atoms with Gasteiger partial charge in [-0.05, 0) is 37.5 Å². The van der Waals surface area contributed by atoms with Gasteiger partial charge in [0.25, 0.3) is 5.91 Å². The van der Waals surface area contributed by atoms with Gasteiger partial charge in [0.15, 0.2) is 0 Å². The third-order valence-corrected chi connectivity index (χ3v) is 3.94. The quantitative estimate of drug-likeness (QED) is 0.868. The molecule has 0 spiro atoms. The number of hydrogen-bond donors (Lipinski definition) is 1. The molecular weight excluding hydrogens is 294 g/mol. The summed E-state index contributed by atoms with van der Waals surface area (Å²) in [4.78, 5) is 12.0. The van der Waals surface area contributed by atoms with Crippen LogP contribution in [0.25, 0.3) is 0 Å². The lowest BCUT2D eigenvalue weighted by Gasteiger charge is -2.23. The van der Waals surface area contributed by atoms with Crippen molar-refractivity contribution >= 4 is 21.8 Å². The van der Waals surface area contributed by atoms with Gasteiger partial charge in [0.05, 0.1) is 5.60 Å². The van der Waals surface area contributed by atoms with E-state index in [1.807, 2.05) is 31.2 Å². The molecule has 4 heteroatoms. The zero-order valence-corrected chi connectivity index (χ0v) is 12.1. The van der Waals surface area contributed by atoms with Crippen LogP contribution in [0.5, 0.6) is 0 Å². The smallest absolute Gasteiger partial charge is 0.251 e. The van der Waals surface area contributed by atoms with E-state index < -0.39 is 0 Å². The molecule has 18 heavy (non-hydrogen) atoms. The van der Waals surface area contributed by atoms with Crippen LogP contribution >= 0.6 is 15.9 Å². The van der Waals surface area contributed by atoms with E-state index in [-0.39, 0.29) is 11.5 Å². The number of nitrogens with one attached hydrogen (secondary N) is 1. The molecule has 2 rings (SSSR count). The van der Waals surface area contributed by atoms with E-state index in [4.69, 9.17) is 4.74 Å². The van der Waals surface area contributed by atoms with Gasteiger partial charge in [0.2, 0.25) is 0 Å². The summed E-state index contributed by atoms with van der Waals surface area (Å²) in [5.74, 6) is -0.0344. The van der Waals surface area contributed by atoms with Gasteiger partial charge in [0.1, 0.15) is 0 Å². The molecule has 1 fully saturated rings. The fourth-order valence-corrected chi connectivity index (χ4v) is 2.46. The highest BCUT2D eigenvalue weighted by Gasteiger charge is 2.30. The molecule has 1 aliphatic heterocycles. The van der Waals surface area contributed by atoms with Gasteiger partial charge in [-0.2, -0.15) is 0 Å². The Balaban J connectivity index is 1.90. The average Bonchev–Trinajstić information content (AvgIpc) is 2.83. The molecule has 0 bridgehead atoms. The Morgan fingerprint density at radius 2 is 2.17 bits per heavy atom. The van der Waals surface area contributed by atoms with Crippen molar-refractivity contribution in [1.29, 1.82) is 0 Å². The maximum atomic E-state index is 12.0. The lowest BCUT2D eigenvalue weighted by molar-refractivity contribution is 0.0206. The van der Waals surface area contributed by atoms with Gasteiger partial charge in [-0.15, -0.1) is 0 Å². The fourth-order valence-electron chi connectivity index (χ4n) is 2.09. The standard InChI is InChI=1S/C14H18BrNO2/c1-14(7-2-8-18-14)10-16-13(17)12-5-3-11(9-15)4-6-12/h3-6H,2,7-10H2,1H3,(H,16,17). The molecule has 1 amide bonds. The summed E-state index contributed by atoms with van der Waals surface area (Å²) < 4.78 is 5.64. The first-order valence-corrected chi connectivity index (χ1v) is 7.32. The van der Waals surface area contributed by atoms with Crippen molar-refractivity contribution in [2.75, 3.05) is 13.2 Å². The predicted molar refractivity (Wildman–Crippen MR) is 75.0 cm³/mol. The maximum Gasteiger partial charge on any atom is 0.251 e. The van der Waals surface area contributed by atoms with Gasteiger partial charge in [-0.25, -0.2) is 0 Å². The Morgan fingerprint density at radius 3 is 2.72 bits per heavy atom. The Morgan fingerprint density at radius 1 is 1.44 bits per heavy atom. The average molecular weight is 312 g/mol. The zero-order chi connectivity index (χ0) is 13.0. The van der Waals surface area contributed by atoms with Crippen LogP contribution in [-0.2, 0) is 10.1 Å². The van der Waals surface area contributed by atoms with E-state index in [0.717, 1.165) is 30.3 Å². The molecule has 1 atom stereocenters. The third-order valence-electron chi connectivity index (χ3n) is 3.29. The number of carbonyl (C=O) groups is 1. The largest absolute Gasteiger partial charge is 0.373 e. The minimum absolute atomic E-state index is 0.0344. The van der Waals surface area contributed by atoms with Gasteiger partial charge in [-0.1, -0.05) is 28.1 Å². The molecule has 0 aliphatic carbocycles. The Kier molecular flexibility index (Phi) is 4.40. The Bertz CT molecular complexity index is 410. The number of hydrogen-bond acceptors (Lipinski definition) is 2. The summed E-state index contributed by atoms with van der Waals surface area (Å²) in [6, 6.07) is 7.61. The van der Waals surface area contributed by atoms with E-state index in [2.05, 4.69) is 21.2 Å². The molecule has 98 valence electrons. The second kappa shape index (κ2) is 5.85. The molecule has 0 aromatic heterocycles. The number of ether oxygens (including phenoxy) is 1. The molecule has 0 saturated carbocycles. The summed E-state index contributed by atoms with van der Waals surface area (Å²) in [6.45, 7) is 3.42. The van der Waals surface area contributed by atoms with Crippen LogP contribution in [0.1, 0.15) is 35.7 Å². The van der Waals surface area contributed by atoms with Crippen molar-refractivity contribution in [2.24, 2.45) is 0 Å². The monoisotopic (exact) mass is 311 g/mol. The third kappa shape index (κ3) is 3.33. The summed E-state index contributed by atoms with van der Waals surface area (Å²) in [5.41, 5.74) is 1.67. The lowest BCUT2D eigenvalue weighted by atomic mass is 10.0. The Labute approximate surface area is 116 Å². The van der Waals surface area contributed by atoms with Crippen LogP contribution in [0.15, 0.2) is 24.3 Å². The highest BCUT2D eigenvalue weighted by Crippen LogP contribution is 2.24. The Hall–Kier alpha value is -0.870. The van der Waals surface area contributed by atoms with Crippen molar-refractivity contribution in [3.8, 4) is 0 Å². The first-order valence-electron chi connectivity index (χ1n) is 6.20. The maximum absolute atomic E-state index is 12.0. The molecular formula is C14H18BrNO2. The number of alkyl halides is 1. The van der Waals surface area contributed by atoms with Gasteiger partial charge >= 0.3 is 0 Å². The zero-order valence-electron chi connectivity index (χ0n) is 10.5. The second-order valence-electron chi connectivity index (χ2n) is 4.92. The van der Waals surface area contributed by atoms with E-state index in [1.54, 1.807) is 0 Å². The van der Waals surface area contributed by atoms with E-state index >= 15 is 0 Å². The minimum Gasteiger partial charge on any atom is -0.373 e. The first kappa shape index (κ1) is 13.6. The normalized spacial score (nSPS) is 23.0. The minimum atomic E-state index is -0.189. The molecule has 1 aliphatic rings. The number of amides is 1. The molecule has 1 N–H and O–H groups in total. The van der Waals surface area contributed by atoms with Crippen LogP contribution in [0, 0.1) is 0 Å². The summed E-state index contributed by atoms with van der Waals surface area (Å²) in [5, 5.41) is 3.75. The van der Waals surface area contributed by atoms with Crippen LogP contribution < -0.4 is 5.32 Å². The number of halogens is 1. The molecule has 0 radical (unpaired) electrons. The van der Waals surface area contributed by atoms with E-state index in [1.165, 1.54) is 0 Å². The topological polar surface area (TPSA) is 38.3 Å². The fraction of sp³-hybridized carbons (Fsp3) is 0.500. The summed E-state index contributed by atoms with van der Waals surface area (Å²) in [6.07, 6.45) is 2.09. The van der Waals surface area contributed by atoms with Crippen molar-refractivity contribution in [1.82, 2.24) is 5.32 Å². The van der Waals surface area contributed by atoms with Crippen molar-refractivity contribution in [2.45, 2.75) is 30.7 Å². The molecule has 3 nitrogen and oxygen atoms in total. The van der Waals surface area contributed by atoms with Crippen molar-refractivity contribution in [3.05, 3.63) is 35.4 Å². The summed E-state index contributed by atoms with van der Waals surface area (Å²) in [7, 11) is 0. The van der Waals surface area contributed by atoms with E-state index in [0.29, 0.717) is 12.1 Å². The molecule has 1 saturated heterocycles. The number of rotatable bonds is 4. The molecule has 1 heterocycles. The van der Waals surface area contributed by atoms with Crippen molar-refractivity contribution in [3.63, 3.8) is 0 Å². The SMILES string of the molecule is CC1(CNC(=O)c2ccc(CBr)cc2)CCCO1. The molecule has 1 aromatic carbocycles. The van der Waals surface area contributed by atoms with Crippen LogP contribution in [-0.4, -0.2) is 24.7 Å².